The van der Waals surface area contributed by atoms with Gasteiger partial charge in [0, 0.05) is 29.7 Å². The Balaban J connectivity index is 1.52. The molecule has 0 radical (unpaired) electrons. The maximum atomic E-state index is 13.1. The summed E-state index contributed by atoms with van der Waals surface area (Å²) in [6, 6.07) is 5.62. The first kappa shape index (κ1) is 22.0. The van der Waals surface area contributed by atoms with Gasteiger partial charge in [0.05, 0.1) is 18.0 Å². The van der Waals surface area contributed by atoms with E-state index in [1.165, 1.54) is 6.42 Å². The Kier molecular flexibility index (Phi) is 6.50. The molecule has 0 aromatic heterocycles. The number of hydrogen-bond acceptors (Lipinski definition) is 5. The number of nitrogens with one attached hydrogen (secondary N) is 4. The normalized spacial score (nSPS) is 31.4. The molecule has 5 atom stereocenters. The number of anilines is 1. The summed E-state index contributed by atoms with van der Waals surface area (Å²) in [7, 11) is 0. The van der Waals surface area contributed by atoms with Crippen LogP contribution in [0.15, 0.2) is 18.2 Å². The number of piperidine rings is 2. The van der Waals surface area contributed by atoms with E-state index in [1.807, 2.05) is 13.0 Å². The molecule has 8 nitrogen and oxygen atoms in total. The first-order valence-corrected chi connectivity index (χ1v) is 11.4. The second-order valence-corrected chi connectivity index (χ2v) is 9.14. The zero-order chi connectivity index (χ0) is 22.1. The lowest BCUT2D eigenvalue weighted by molar-refractivity contribution is -0.148. The Morgan fingerprint density at radius 2 is 2.06 bits per heavy atom. The second-order valence-electron chi connectivity index (χ2n) is 8.70. The van der Waals surface area contributed by atoms with Gasteiger partial charge in [-0.1, -0.05) is 31.0 Å². The lowest BCUT2D eigenvalue weighted by atomic mass is 9.81. The van der Waals surface area contributed by atoms with Crippen LogP contribution >= 0.6 is 11.6 Å². The highest BCUT2D eigenvalue weighted by Crippen LogP contribution is 2.30. The Bertz CT molecular complexity index is 879. The molecule has 3 heterocycles. The summed E-state index contributed by atoms with van der Waals surface area (Å²) in [5, 5.41) is 12.7. The molecule has 1 aromatic rings. The van der Waals surface area contributed by atoms with Gasteiger partial charge in [0.25, 0.3) is 0 Å². The van der Waals surface area contributed by atoms with Gasteiger partial charge >= 0.3 is 0 Å². The van der Waals surface area contributed by atoms with E-state index in [0.717, 1.165) is 31.4 Å². The number of fused-ring (bicyclic) bond motifs is 1. The molecule has 9 heteroatoms. The highest BCUT2D eigenvalue weighted by molar-refractivity contribution is 6.31. The number of aryl methyl sites for hydroxylation is 1. The molecule has 4 rings (SSSR count). The number of carbonyl (C=O) groups excluding carboxylic acids is 3. The molecule has 3 aliphatic rings. The molecular weight excluding hydrogens is 418 g/mol. The quantitative estimate of drug-likeness (QED) is 0.565. The van der Waals surface area contributed by atoms with Gasteiger partial charge in [-0.05, 0) is 43.9 Å². The number of likely N-dealkylation sites (tertiary alicyclic amines) is 1. The van der Waals surface area contributed by atoms with Crippen LogP contribution in [0.5, 0.6) is 0 Å². The molecule has 168 valence electrons. The molecule has 4 N–H and O–H groups in total. The first-order valence-electron chi connectivity index (χ1n) is 11.1. The zero-order valence-corrected chi connectivity index (χ0v) is 18.7. The van der Waals surface area contributed by atoms with Gasteiger partial charge in [0.15, 0.2) is 0 Å². The number of benzene rings is 1. The van der Waals surface area contributed by atoms with Crippen molar-refractivity contribution >= 4 is 35.0 Å². The summed E-state index contributed by atoms with van der Waals surface area (Å²) >= 11 is 6.06. The molecule has 3 amide bonds. The zero-order valence-electron chi connectivity index (χ0n) is 17.9. The largest absolute Gasteiger partial charge is 0.340 e. The Hall–Kier alpha value is -2.16. The molecule has 3 aliphatic heterocycles. The van der Waals surface area contributed by atoms with E-state index in [9.17, 15) is 14.4 Å². The van der Waals surface area contributed by atoms with Crippen molar-refractivity contribution in [3.05, 3.63) is 28.8 Å². The third kappa shape index (κ3) is 4.56. The number of nitrogens with zero attached hydrogens (tertiary/aromatic N) is 1. The topological polar surface area (TPSA) is 103 Å². The highest BCUT2D eigenvalue weighted by atomic mass is 35.5. The maximum Gasteiger partial charge on any atom is 0.229 e. The van der Waals surface area contributed by atoms with Gasteiger partial charge in [0.1, 0.15) is 6.29 Å². The fraction of sp³-hybridized carbons (Fsp3) is 0.591. The van der Waals surface area contributed by atoms with E-state index < -0.39 is 18.0 Å². The smallest absolute Gasteiger partial charge is 0.229 e. The number of rotatable bonds is 4. The van der Waals surface area contributed by atoms with Gasteiger partial charge in [0.2, 0.25) is 17.7 Å². The molecular formula is C22H30ClN5O3. The van der Waals surface area contributed by atoms with Crippen LogP contribution in [0.25, 0.3) is 0 Å². The van der Waals surface area contributed by atoms with Crippen molar-refractivity contribution in [3.8, 4) is 0 Å². The average Bonchev–Trinajstić information content (AvgIpc) is 2.75. The maximum absolute atomic E-state index is 13.1. The fourth-order valence-corrected chi connectivity index (χ4v) is 5.17. The molecule has 1 aromatic carbocycles. The van der Waals surface area contributed by atoms with Crippen LogP contribution < -0.4 is 21.3 Å². The summed E-state index contributed by atoms with van der Waals surface area (Å²) in [4.78, 5) is 40.9. The van der Waals surface area contributed by atoms with Crippen molar-refractivity contribution in [3.63, 3.8) is 0 Å². The molecule has 0 bridgehead atoms. The van der Waals surface area contributed by atoms with Crippen LogP contribution in [-0.2, 0) is 14.4 Å². The van der Waals surface area contributed by atoms with Crippen molar-refractivity contribution in [2.45, 2.75) is 64.4 Å². The van der Waals surface area contributed by atoms with E-state index in [2.05, 4.69) is 33.1 Å². The Morgan fingerprint density at radius 1 is 1.26 bits per heavy atom. The van der Waals surface area contributed by atoms with Gasteiger partial charge in [-0.3, -0.25) is 24.6 Å². The predicted octanol–water partition coefficient (Wildman–Crippen LogP) is 1.93. The first-order chi connectivity index (χ1) is 14.9. The van der Waals surface area contributed by atoms with Gasteiger partial charge in [-0.25, -0.2) is 0 Å². The summed E-state index contributed by atoms with van der Waals surface area (Å²) in [6.07, 6.45) is 3.38. The average molecular weight is 448 g/mol. The van der Waals surface area contributed by atoms with Gasteiger partial charge in [-0.15, -0.1) is 0 Å². The lowest BCUT2D eigenvalue weighted by Gasteiger charge is -2.49. The monoisotopic (exact) mass is 447 g/mol. The van der Waals surface area contributed by atoms with Crippen molar-refractivity contribution < 1.29 is 14.4 Å². The standard InChI is InChI=1S/C22H30ClN5O3/c1-3-14-6-4-5-9-28(14)22-26-19-18(21(31)27-22)15(11-17(29)25-19)20(30)24-16-10-13(23)8-7-12(16)2/h7-8,10,14-15,18-19,22,26H,3-6,9,11H2,1-2H3,(H,24,30)(H,25,29)(H,27,31). The molecule has 31 heavy (non-hydrogen) atoms. The molecule has 0 aliphatic carbocycles. The molecule has 3 saturated heterocycles. The highest BCUT2D eigenvalue weighted by Gasteiger charge is 2.49. The van der Waals surface area contributed by atoms with Crippen LogP contribution in [0.4, 0.5) is 5.69 Å². The van der Waals surface area contributed by atoms with Gasteiger partial charge in [-0.2, -0.15) is 0 Å². The van der Waals surface area contributed by atoms with Crippen LogP contribution in [0.3, 0.4) is 0 Å². The van der Waals surface area contributed by atoms with Crippen molar-refractivity contribution in [2.75, 3.05) is 11.9 Å². The third-order valence-corrected chi connectivity index (χ3v) is 6.94. The van der Waals surface area contributed by atoms with Crippen molar-refractivity contribution in [2.24, 2.45) is 11.8 Å². The van der Waals surface area contributed by atoms with Gasteiger partial charge < -0.3 is 16.0 Å². The predicted molar refractivity (Wildman–Crippen MR) is 118 cm³/mol. The number of halogens is 1. The van der Waals surface area contributed by atoms with Crippen LogP contribution in [0.2, 0.25) is 5.02 Å². The number of carbonyl (C=O) groups is 3. The minimum Gasteiger partial charge on any atom is -0.340 e. The Morgan fingerprint density at radius 3 is 2.84 bits per heavy atom. The fourth-order valence-electron chi connectivity index (χ4n) is 4.99. The Labute approximate surface area is 187 Å². The lowest BCUT2D eigenvalue weighted by Crippen LogP contribution is -2.75. The SMILES string of the molecule is CCC1CCCCN1C1NC(=O)C2C(NC(=O)CC2C(=O)Nc2cc(Cl)ccc2C)N1. The van der Waals surface area contributed by atoms with E-state index in [0.29, 0.717) is 16.8 Å². The molecule has 0 saturated carbocycles. The minimum atomic E-state index is -0.770. The minimum absolute atomic E-state index is 0.0340. The van der Waals surface area contributed by atoms with E-state index in [4.69, 9.17) is 11.6 Å². The van der Waals surface area contributed by atoms with E-state index >= 15 is 0 Å². The molecule has 0 spiro atoms. The summed E-state index contributed by atoms with van der Waals surface area (Å²) in [5.74, 6) is -2.25. The van der Waals surface area contributed by atoms with Crippen LogP contribution in [0, 0.1) is 18.8 Å². The van der Waals surface area contributed by atoms with Crippen molar-refractivity contribution in [1.82, 2.24) is 20.9 Å². The van der Waals surface area contributed by atoms with E-state index in [1.54, 1.807) is 12.1 Å². The second kappa shape index (κ2) is 9.14. The number of hydrogen-bond donors (Lipinski definition) is 4. The van der Waals surface area contributed by atoms with Crippen LogP contribution in [-0.4, -0.2) is 47.7 Å². The summed E-state index contributed by atoms with van der Waals surface area (Å²) < 4.78 is 0. The van der Waals surface area contributed by atoms with E-state index in [-0.39, 0.29) is 30.4 Å². The van der Waals surface area contributed by atoms with Crippen LogP contribution in [0.1, 0.15) is 44.6 Å². The number of amides is 3. The molecule has 3 fully saturated rings. The third-order valence-electron chi connectivity index (χ3n) is 6.70. The summed E-state index contributed by atoms with van der Waals surface area (Å²) in [6.45, 7) is 4.90. The molecule has 5 unspecified atom stereocenters. The van der Waals surface area contributed by atoms with Crippen molar-refractivity contribution in [1.29, 1.82) is 0 Å². The summed E-state index contributed by atoms with van der Waals surface area (Å²) in [5.41, 5.74) is 1.44.